The molecule has 2 aromatic heterocycles. The van der Waals surface area contributed by atoms with Gasteiger partial charge in [-0.3, -0.25) is 14.9 Å². The standard InChI is InChI=1S/C16H16N6O3S/c1-3-12(26-16-13-14(18-7-17-13)19-8-20-16)15(23)21-10-5-4-9(2)6-11(10)22(24)25/h4-8,12H,3H2,1-2H3,(H,21,23)(H,17,18,19,20). The molecule has 1 unspecified atom stereocenters. The monoisotopic (exact) mass is 372 g/mol. The molecule has 0 aliphatic carbocycles. The second-order valence-corrected chi connectivity index (χ2v) is 6.75. The number of carbonyl (C=O) groups is 1. The highest BCUT2D eigenvalue weighted by molar-refractivity contribution is 8.00. The number of H-pyrrole nitrogens is 1. The minimum atomic E-state index is -0.505. The van der Waals surface area contributed by atoms with Crippen molar-refractivity contribution in [2.75, 3.05) is 5.32 Å². The molecule has 9 nitrogen and oxygen atoms in total. The van der Waals surface area contributed by atoms with Crippen LogP contribution in [0, 0.1) is 17.0 Å². The predicted octanol–water partition coefficient (Wildman–Crippen LogP) is 3.08. The molecule has 0 aliphatic heterocycles. The molecule has 0 aliphatic rings. The summed E-state index contributed by atoms with van der Waals surface area (Å²) in [6.07, 6.45) is 3.43. The number of aryl methyl sites for hydroxylation is 1. The molecule has 0 saturated heterocycles. The van der Waals surface area contributed by atoms with Crippen molar-refractivity contribution in [3.63, 3.8) is 0 Å². The number of imidazole rings is 1. The number of nitro benzene ring substituents is 1. The SMILES string of the molecule is CCC(Sc1ncnc2nc[nH]c12)C(=O)Nc1ccc(C)cc1[N+](=O)[O-]. The van der Waals surface area contributed by atoms with E-state index in [2.05, 4.69) is 25.3 Å². The van der Waals surface area contributed by atoms with Crippen molar-refractivity contribution in [1.29, 1.82) is 0 Å². The quantitative estimate of drug-likeness (QED) is 0.294. The summed E-state index contributed by atoms with van der Waals surface area (Å²) in [7, 11) is 0. The molecular weight excluding hydrogens is 356 g/mol. The molecule has 0 bridgehead atoms. The number of anilines is 1. The zero-order valence-corrected chi connectivity index (χ0v) is 14.9. The lowest BCUT2D eigenvalue weighted by molar-refractivity contribution is -0.384. The van der Waals surface area contributed by atoms with Gasteiger partial charge >= 0.3 is 0 Å². The van der Waals surface area contributed by atoms with E-state index in [0.717, 1.165) is 5.56 Å². The Kier molecular flexibility index (Phi) is 5.12. The number of thioether (sulfide) groups is 1. The summed E-state index contributed by atoms with van der Waals surface area (Å²) in [6.45, 7) is 3.63. The van der Waals surface area contributed by atoms with Gasteiger partial charge < -0.3 is 10.3 Å². The summed E-state index contributed by atoms with van der Waals surface area (Å²) in [5.74, 6) is -0.323. The van der Waals surface area contributed by atoms with Gasteiger partial charge in [0.25, 0.3) is 5.69 Å². The number of benzene rings is 1. The second kappa shape index (κ2) is 7.48. The Bertz CT molecular complexity index is 974. The smallest absolute Gasteiger partial charge is 0.293 e. The number of hydrogen-bond donors (Lipinski definition) is 2. The van der Waals surface area contributed by atoms with Crippen LogP contribution in [0.15, 0.2) is 35.9 Å². The molecule has 0 spiro atoms. The predicted molar refractivity (Wildman–Crippen MR) is 98.1 cm³/mol. The molecular formula is C16H16N6O3S. The molecule has 2 N–H and O–H groups in total. The lowest BCUT2D eigenvalue weighted by atomic mass is 10.2. The van der Waals surface area contributed by atoms with Crippen molar-refractivity contribution in [3.8, 4) is 0 Å². The largest absolute Gasteiger partial charge is 0.341 e. The third kappa shape index (κ3) is 3.64. The van der Waals surface area contributed by atoms with E-state index in [-0.39, 0.29) is 17.3 Å². The van der Waals surface area contributed by atoms with E-state index in [0.29, 0.717) is 22.6 Å². The maximum atomic E-state index is 12.7. The van der Waals surface area contributed by atoms with Crippen LogP contribution >= 0.6 is 11.8 Å². The molecule has 0 saturated carbocycles. The third-order valence-corrected chi connectivity index (χ3v) is 5.08. The summed E-state index contributed by atoms with van der Waals surface area (Å²) in [4.78, 5) is 38.7. The van der Waals surface area contributed by atoms with Crippen LogP contribution in [0.2, 0.25) is 0 Å². The number of nitro groups is 1. The first-order valence-electron chi connectivity index (χ1n) is 7.86. The first kappa shape index (κ1) is 17.8. The van der Waals surface area contributed by atoms with E-state index < -0.39 is 10.2 Å². The van der Waals surface area contributed by atoms with Crippen molar-refractivity contribution in [2.45, 2.75) is 30.5 Å². The Morgan fingerprint density at radius 2 is 2.19 bits per heavy atom. The topological polar surface area (TPSA) is 127 Å². The average molecular weight is 372 g/mol. The first-order valence-corrected chi connectivity index (χ1v) is 8.74. The van der Waals surface area contributed by atoms with E-state index >= 15 is 0 Å². The van der Waals surface area contributed by atoms with Gasteiger partial charge in [0.15, 0.2) is 5.65 Å². The maximum absolute atomic E-state index is 12.7. The van der Waals surface area contributed by atoms with Gasteiger partial charge in [0.1, 0.15) is 22.6 Å². The number of rotatable bonds is 6. The molecule has 3 aromatic rings. The van der Waals surface area contributed by atoms with Gasteiger partial charge in [0, 0.05) is 6.07 Å². The maximum Gasteiger partial charge on any atom is 0.293 e. The van der Waals surface area contributed by atoms with Crippen LogP contribution < -0.4 is 5.32 Å². The molecule has 1 amide bonds. The first-order chi connectivity index (χ1) is 12.5. The zero-order valence-electron chi connectivity index (χ0n) is 14.1. The Morgan fingerprint density at radius 1 is 1.38 bits per heavy atom. The molecule has 0 radical (unpaired) electrons. The van der Waals surface area contributed by atoms with Crippen molar-refractivity contribution in [3.05, 3.63) is 46.5 Å². The lowest BCUT2D eigenvalue weighted by Gasteiger charge is -2.14. The van der Waals surface area contributed by atoms with E-state index in [4.69, 9.17) is 0 Å². The van der Waals surface area contributed by atoms with Crippen molar-refractivity contribution in [1.82, 2.24) is 19.9 Å². The van der Waals surface area contributed by atoms with Crippen LogP contribution in [0.3, 0.4) is 0 Å². The van der Waals surface area contributed by atoms with Crippen LogP contribution in [0.4, 0.5) is 11.4 Å². The van der Waals surface area contributed by atoms with E-state index in [9.17, 15) is 14.9 Å². The number of amides is 1. The molecule has 0 fully saturated rings. The average Bonchev–Trinajstić information content (AvgIpc) is 3.10. The van der Waals surface area contributed by atoms with Crippen LogP contribution in [0.1, 0.15) is 18.9 Å². The highest BCUT2D eigenvalue weighted by Gasteiger charge is 2.23. The number of aromatic nitrogens is 4. The molecule has 26 heavy (non-hydrogen) atoms. The van der Waals surface area contributed by atoms with E-state index in [1.54, 1.807) is 19.1 Å². The summed E-state index contributed by atoms with van der Waals surface area (Å²) < 4.78 is 0. The summed E-state index contributed by atoms with van der Waals surface area (Å²) in [5, 5.41) is 14.0. The van der Waals surface area contributed by atoms with Crippen LogP contribution in [-0.4, -0.2) is 36.0 Å². The minimum Gasteiger partial charge on any atom is -0.341 e. The lowest BCUT2D eigenvalue weighted by Crippen LogP contribution is -2.25. The molecule has 1 atom stereocenters. The summed E-state index contributed by atoms with van der Waals surface area (Å²) in [6, 6.07) is 4.69. The minimum absolute atomic E-state index is 0.129. The molecule has 134 valence electrons. The normalized spacial score (nSPS) is 12.1. The highest BCUT2D eigenvalue weighted by atomic mass is 32.2. The number of carbonyl (C=O) groups excluding carboxylic acids is 1. The van der Waals surface area contributed by atoms with Gasteiger partial charge in [-0.1, -0.05) is 24.8 Å². The Labute approximate surface area is 152 Å². The number of hydrogen-bond acceptors (Lipinski definition) is 7. The van der Waals surface area contributed by atoms with Crippen molar-refractivity contribution in [2.24, 2.45) is 0 Å². The van der Waals surface area contributed by atoms with Gasteiger partial charge in [-0.05, 0) is 25.0 Å². The highest BCUT2D eigenvalue weighted by Crippen LogP contribution is 2.30. The third-order valence-electron chi connectivity index (χ3n) is 3.71. The fourth-order valence-corrected chi connectivity index (χ4v) is 3.38. The Hall–Kier alpha value is -3.01. The number of nitrogens with zero attached hydrogens (tertiary/aromatic N) is 4. The van der Waals surface area contributed by atoms with Gasteiger partial charge in [-0.2, -0.15) is 0 Å². The summed E-state index contributed by atoms with van der Waals surface area (Å²) >= 11 is 1.26. The number of nitrogens with one attached hydrogen (secondary N) is 2. The molecule has 1 aromatic carbocycles. The van der Waals surface area contributed by atoms with Gasteiger partial charge in [-0.25, -0.2) is 15.0 Å². The second-order valence-electron chi connectivity index (χ2n) is 5.56. The van der Waals surface area contributed by atoms with Gasteiger partial charge in [0.2, 0.25) is 5.91 Å². The van der Waals surface area contributed by atoms with Gasteiger partial charge in [-0.15, -0.1) is 0 Å². The van der Waals surface area contributed by atoms with Crippen LogP contribution in [-0.2, 0) is 4.79 Å². The van der Waals surface area contributed by atoms with Crippen molar-refractivity contribution >= 4 is 40.2 Å². The van der Waals surface area contributed by atoms with Crippen LogP contribution in [0.5, 0.6) is 0 Å². The number of fused-ring (bicyclic) bond motifs is 1. The molecule has 3 rings (SSSR count). The molecule has 10 heteroatoms. The van der Waals surface area contributed by atoms with E-state index in [1.807, 2.05) is 6.92 Å². The van der Waals surface area contributed by atoms with Gasteiger partial charge in [0.05, 0.1) is 16.5 Å². The Balaban J connectivity index is 1.82. The Morgan fingerprint density at radius 3 is 2.92 bits per heavy atom. The fraction of sp³-hybridized carbons (Fsp3) is 0.250. The fourth-order valence-electron chi connectivity index (χ4n) is 2.40. The zero-order chi connectivity index (χ0) is 18.7. The molecule has 2 heterocycles. The van der Waals surface area contributed by atoms with Crippen molar-refractivity contribution < 1.29 is 9.72 Å². The summed E-state index contributed by atoms with van der Waals surface area (Å²) in [5.41, 5.74) is 1.98. The van der Waals surface area contributed by atoms with Crippen LogP contribution in [0.25, 0.3) is 11.2 Å². The van der Waals surface area contributed by atoms with E-state index in [1.165, 1.54) is 30.5 Å². The number of aromatic amines is 1.